The molecule has 5 heteroatoms. The highest BCUT2D eigenvalue weighted by Crippen LogP contribution is 2.24. The molecule has 0 aromatic heterocycles. The summed E-state index contributed by atoms with van der Waals surface area (Å²) in [5.74, 6) is 0. The maximum absolute atomic E-state index is 11.4. The minimum atomic E-state index is -4.56. The molecule has 10 heavy (non-hydrogen) atoms. The third kappa shape index (κ3) is 2.53. The molecule has 0 saturated carbocycles. The average Bonchev–Trinajstić information content (AvgIpc) is 2.12. The van der Waals surface area contributed by atoms with E-state index in [0.717, 1.165) is 0 Å². The van der Waals surface area contributed by atoms with E-state index >= 15 is 0 Å². The summed E-state index contributed by atoms with van der Waals surface area (Å²) in [5, 5.41) is 0. The third-order valence-electron chi connectivity index (χ3n) is 1.15. The molecule has 0 bridgehead atoms. The Bertz CT molecular complexity index is 106. The van der Waals surface area contributed by atoms with Gasteiger partial charge in [-0.1, -0.05) is 0 Å². The van der Waals surface area contributed by atoms with Gasteiger partial charge in [0.15, 0.2) is 6.29 Å². The van der Waals surface area contributed by atoms with Crippen LogP contribution in [0, 0.1) is 0 Å². The highest BCUT2D eigenvalue weighted by Gasteiger charge is 2.35. The van der Waals surface area contributed by atoms with Crippen LogP contribution in [0.25, 0.3) is 0 Å². The van der Waals surface area contributed by atoms with Gasteiger partial charge in [-0.15, -0.1) is 13.2 Å². The molecule has 60 valence electrons. The van der Waals surface area contributed by atoms with E-state index in [9.17, 15) is 13.2 Å². The number of hydrogen-bond acceptors (Lipinski definition) is 2. The Labute approximate surface area is 55.9 Å². The van der Waals surface area contributed by atoms with Crippen molar-refractivity contribution in [3.8, 4) is 0 Å². The van der Waals surface area contributed by atoms with Crippen molar-refractivity contribution >= 4 is 0 Å². The van der Waals surface area contributed by atoms with Crippen LogP contribution in [0.4, 0.5) is 13.2 Å². The van der Waals surface area contributed by atoms with Gasteiger partial charge in [0.25, 0.3) is 0 Å². The molecule has 0 N–H and O–H groups in total. The van der Waals surface area contributed by atoms with Crippen molar-refractivity contribution < 1.29 is 22.6 Å². The Morgan fingerprint density at radius 2 is 2.10 bits per heavy atom. The van der Waals surface area contributed by atoms with Crippen LogP contribution in [0.1, 0.15) is 12.8 Å². The fourth-order valence-electron chi connectivity index (χ4n) is 0.790. The van der Waals surface area contributed by atoms with Crippen molar-refractivity contribution in [2.45, 2.75) is 25.5 Å². The second kappa shape index (κ2) is 2.75. The normalized spacial score (nSPS) is 27.3. The van der Waals surface area contributed by atoms with E-state index in [2.05, 4.69) is 9.47 Å². The van der Waals surface area contributed by atoms with Crippen molar-refractivity contribution in [1.82, 2.24) is 0 Å². The molecule has 0 amide bonds. The molecule has 1 fully saturated rings. The average molecular weight is 156 g/mol. The second-order valence-electron chi connectivity index (χ2n) is 2.01. The summed E-state index contributed by atoms with van der Waals surface area (Å²) in [5.41, 5.74) is 0. The first-order valence-corrected chi connectivity index (χ1v) is 2.94. The van der Waals surface area contributed by atoms with Crippen LogP contribution in [-0.4, -0.2) is 19.3 Å². The topological polar surface area (TPSA) is 18.5 Å². The van der Waals surface area contributed by atoms with Gasteiger partial charge in [-0.3, -0.25) is 4.74 Å². The minimum Gasteiger partial charge on any atom is -0.352 e. The van der Waals surface area contributed by atoms with E-state index in [0.29, 0.717) is 19.4 Å². The fraction of sp³-hybridized carbons (Fsp3) is 1.00. The lowest BCUT2D eigenvalue weighted by Gasteiger charge is -2.12. The van der Waals surface area contributed by atoms with Gasteiger partial charge in [-0.25, -0.2) is 0 Å². The minimum absolute atomic E-state index is 0.333. The largest absolute Gasteiger partial charge is 0.524 e. The number of alkyl halides is 3. The Hall–Kier alpha value is -0.290. The van der Waals surface area contributed by atoms with E-state index < -0.39 is 12.7 Å². The second-order valence-corrected chi connectivity index (χ2v) is 2.01. The lowest BCUT2D eigenvalue weighted by Crippen LogP contribution is -2.22. The van der Waals surface area contributed by atoms with Crippen molar-refractivity contribution in [2.75, 3.05) is 6.61 Å². The summed E-state index contributed by atoms with van der Waals surface area (Å²) in [7, 11) is 0. The van der Waals surface area contributed by atoms with Gasteiger partial charge in [-0.05, 0) is 6.42 Å². The molecule has 0 aromatic rings. The van der Waals surface area contributed by atoms with Crippen LogP contribution >= 0.6 is 0 Å². The molecule has 0 radical (unpaired) electrons. The summed E-state index contributed by atoms with van der Waals surface area (Å²) >= 11 is 0. The van der Waals surface area contributed by atoms with E-state index in [4.69, 9.17) is 0 Å². The number of hydrogen-bond donors (Lipinski definition) is 0. The first-order valence-electron chi connectivity index (χ1n) is 2.94. The summed E-state index contributed by atoms with van der Waals surface area (Å²) in [6.45, 7) is 0.362. The van der Waals surface area contributed by atoms with Gasteiger partial charge in [0, 0.05) is 13.0 Å². The molecule has 1 atom stereocenters. The smallest absolute Gasteiger partial charge is 0.352 e. The standard InChI is InChI=1S/C5H7F3O2/c6-5(7,8)10-4-2-1-3-9-4/h4H,1-3H2. The zero-order valence-corrected chi connectivity index (χ0v) is 5.15. The van der Waals surface area contributed by atoms with Crippen LogP contribution in [0.2, 0.25) is 0 Å². The summed E-state index contributed by atoms with van der Waals surface area (Å²) in [4.78, 5) is 0. The number of rotatable bonds is 1. The highest BCUT2D eigenvalue weighted by molar-refractivity contribution is 4.54. The molecule has 1 aliphatic rings. The summed E-state index contributed by atoms with van der Waals surface area (Å²) < 4.78 is 42.4. The third-order valence-corrected chi connectivity index (χ3v) is 1.15. The van der Waals surface area contributed by atoms with Gasteiger partial charge in [0.05, 0.1) is 0 Å². The quantitative estimate of drug-likeness (QED) is 0.574. The first kappa shape index (κ1) is 7.81. The molecular formula is C5H7F3O2. The zero-order chi connectivity index (χ0) is 7.61. The maximum atomic E-state index is 11.4. The van der Waals surface area contributed by atoms with Crippen molar-refractivity contribution in [1.29, 1.82) is 0 Å². The van der Waals surface area contributed by atoms with Gasteiger partial charge in [-0.2, -0.15) is 0 Å². The van der Waals surface area contributed by atoms with Crippen molar-refractivity contribution in [2.24, 2.45) is 0 Å². The van der Waals surface area contributed by atoms with Crippen LogP contribution in [0.3, 0.4) is 0 Å². The van der Waals surface area contributed by atoms with E-state index in [-0.39, 0.29) is 0 Å². The highest BCUT2D eigenvalue weighted by atomic mass is 19.4. The summed E-state index contributed by atoms with van der Waals surface area (Å²) in [6, 6.07) is 0. The molecular weight excluding hydrogens is 149 g/mol. The van der Waals surface area contributed by atoms with E-state index in [1.54, 1.807) is 0 Å². The van der Waals surface area contributed by atoms with Gasteiger partial charge in [0.1, 0.15) is 0 Å². The molecule has 0 spiro atoms. The van der Waals surface area contributed by atoms with Gasteiger partial charge in [0.2, 0.25) is 0 Å². The Morgan fingerprint density at radius 1 is 1.40 bits per heavy atom. The van der Waals surface area contributed by atoms with Gasteiger partial charge >= 0.3 is 6.36 Å². The van der Waals surface area contributed by atoms with Crippen LogP contribution in [0.15, 0.2) is 0 Å². The molecule has 1 saturated heterocycles. The Morgan fingerprint density at radius 3 is 2.50 bits per heavy atom. The maximum Gasteiger partial charge on any atom is 0.524 e. The van der Waals surface area contributed by atoms with E-state index in [1.165, 1.54) is 0 Å². The SMILES string of the molecule is FC(F)(F)OC1CCCO1. The predicted molar refractivity (Wildman–Crippen MR) is 26.1 cm³/mol. The van der Waals surface area contributed by atoms with E-state index in [1.807, 2.05) is 0 Å². The monoisotopic (exact) mass is 156 g/mol. The molecule has 2 nitrogen and oxygen atoms in total. The Balaban J connectivity index is 2.24. The number of ether oxygens (including phenoxy) is 2. The van der Waals surface area contributed by atoms with Crippen molar-refractivity contribution in [3.05, 3.63) is 0 Å². The fourth-order valence-corrected chi connectivity index (χ4v) is 0.790. The molecule has 1 unspecified atom stereocenters. The predicted octanol–water partition coefficient (Wildman–Crippen LogP) is 1.66. The Kier molecular flexibility index (Phi) is 2.15. The van der Waals surface area contributed by atoms with Gasteiger partial charge < -0.3 is 4.74 Å². The molecule has 0 aromatic carbocycles. The van der Waals surface area contributed by atoms with Crippen LogP contribution in [-0.2, 0) is 9.47 Å². The molecule has 0 aliphatic carbocycles. The van der Waals surface area contributed by atoms with Crippen LogP contribution in [0.5, 0.6) is 0 Å². The first-order chi connectivity index (χ1) is 4.58. The van der Waals surface area contributed by atoms with Crippen molar-refractivity contribution in [3.63, 3.8) is 0 Å². The molecule has 1 aliphatic heterocycles. The van der Waals surface area contributed by atoms with Crippen LogP contribution < -0.4 is 0 Å². The lowest BCUT2D eigenvalue weighted by atomic mass is 10.4. The summed E-state index contributed by atoms with van der Waals surface area (Å²) in [6.07, 6.45) is -4.66. The molecule has 1 rings (SSSR count). The molecule has 1 heterocycles. The number of halogens is 3. The lowest BCUT2D eigenvalue weighted by molar-refractivity contribution is -0.372. The zero-order valence-electron chi connectivity index (χ0n) is 5.15.